The van der Waals surface area contributed by atoms with Crippen molar-refractivity contribution in [3.8, 4) is 22.3 Å². The van der Waals surface area contributed by atoms with Crippen molar-refractivity contribution in [2.45, 2.75) is 20.0 Å². The number of benzene rings is 1. The minimum atomic E-state index is 0.0541. The number of thiazole rings is 1. The summed E-state index contributed by atoms with van der Waals surface area (Å²) in [6, 6.07) is 7.96. The van der Waals surface area contributed by atoms with E-state index < -0.39 is 0 Å². The van der Waals surface area contributed by atoms with Crippen LogP contribution in [0.1, 0.15) is 13.8 Å². The monoisotopic (exact) mass is 300 g/mol. The Kier molecular flexibility index (Phi) is 3.75. The molecule has 0 spiro atoms. The van der Waals surface area contributed by atoms with E-state index in [9.17, 15) is 0 Å². The van der Waals surface area contributed by atoms with Gasteiger partial charge in [0.25, 0.3) is 0 Å². The maximum atomic E-state index is 5.88. The quantitative estimate of drug-likeness (QED) is 0.726. The summed E-state index contributed by atoms with van der Waals surface area (Å²) in [5.74, 6) is 1.35. The van der Waals surface area contributed by atoms with Gasteiger partial charge in [0, 0.05) is 22.3 Å². The van der Waals surface area contributed by atoms with Gasteiger partial charge in [-0.05, 0) is 19.9 Å². The zero-order valence-corrected chi connectivity index (χ0v) is 13.0. The first-order valence-corrected chi connectivity index (χ1v) is 7.62. The molecule has 3 rings (SSSR count). The molecule has 21 heavy (non-hydrogen) atoms. The molecular formula is C16H16N2O2S. The van der Waals surface area contributed by atoms with E-state index in [1.54, 1.807) is 13.3 Å². The smallest absolute Gasteiger partial charge is 0.222 e. The Balaban J connectivity index is 2.31. The van der Waals surface area contributed by atoms with Crippen LogP contribution in [0.25, 0.3) is 21.5 Å². The van der Waals surface area contributed by atoms with E-state index in [1.807, 2.05) is 43.5 Å². The molecule has 0 aliphatic heterocycles. The largest absolute Gasteiger partial charge is 0.494 e. The summed E-state index contributed by atoms with van der Waals surface area (Å²) in [6.45, 7) is 3.98. The van der Waals surface area contributed by atoms with Gasteiger partial charge in [0.15, 0.2) is 5.75 Å². The predicted octanol–water partition coefficient (Wildman–Crippen LogP) is 4.15. The Hall–Kier alpha value is -2.14. The highest BCUT2D eigenvalue weighted by atomic mass is 32.1. The van der Waals surface area contributed by atoms with Crippen molar-refractivity contribution in [1.29, 1.82) is 0 Å². The Bertz CT molecular complexity index is 754. The minimum Gasteiger partial charge on any atom is -0.494 e. The summed E-state index contributed by atoms with van der Waals surface area (Å²) in [6.07, 6.45) is 1.82. The highest BCUT2D eigenvalue weighted by Gasteiger charge is 2.18. The number of methoxy groups -OCH3 is 1. The minimum absolute atomic E-state index is 0.0541. The Labute approximate surface area is 127 Å². The summed E-state index contributed by atoms with van der Waals surface area (Å²) in [5, 5.41) is 4.68. The van der Waals surface area contributed by atoms with Gasteiger partial charge in [0.2, 0.25) is 5.88 Å². The summed E-state index contributed by atoms with van der Waals surface area (Å²) in [7, 11) is 1.66. The molecule has 0 saturated heterocycles. The van der Waals surface area contributed by atoms with E-state index >= 15 is 0 Å². The summed E-state index contributed by atoms with van der Waals surface area (Å²) >= 11 is 1.53. The van der Waals surface area contributed by atoms with E-state index in [2.05, 4.69) is 9.97 Å². The van der Waals surface area contributed by atoms with Crippen molar-refractivity contribution in [3.63, 3.8) is 0 Å². The number of hydrogen-bond donors (Lipinski definition) is 0. The topological polar surface area (TPSA) is 44.2 Å². The van der Waals surface area contributed by atoms with Crippen LogP contribution in [0.15, 0.2) is 35.8 Å². The molecule has 0 saturated carbocycles. The normalized spacial score (nSPS) is 11.0. The number of pyridine rings is 1. The molecular weight excluding hydrogens is 284 g/mol. The number of aromatic nitrogens is 2. The number of rotatable bonds is 4. The molecule has 0 atom stereocenters. The van der Waals surface area contributed by atoms with Crippen LogP contribution in [0, 0.1) is 0 Å². The second-order valence-electron chi connectivity index (χ2n) is 4.85. The highest BCUT2D eigenvalue weighted by molar-refractivity contribution is 7.13. The van der Waals surface area contributed by atoms with Crippen molar-refractivity contribution < 1.29 is 9.47 Å². The van der Waals surface area contributed by atoms with Crippen LogP contribution in [0.3, 0.4) is 0 Å². The molecule has 5 heteroatoms. The molecule has 4 nitrogen and oxygen atoms in total. The Morgan fingerprint density at radius 3 is 2.52 bits per heavy atom. The average Bonchev–Trinajstić information content (AvgIpc) is 3.00. The fourth-order valence-corrected chi connectivity index (χ4v) is 2.84. The first-order chi connectivity index (χ1) is 10.2. The summed E-state index contributed by atoms with van der Waals surface area (Å²) in [4.78, 5) is 9.00. The van der Waals surface area contributed by atoms with E-state index in [-0.39, 0.29) is 6.10 Å². The zero-order chi connectivity index (χ0) is 14.8. The number of nitrogens with zero attached hydrogens (tertiary/aromatic N) is 2. The van der Waals surface area contributed by atoms with Gasteiger partial charge in [-0.3, -0.25) is 0 Å². The zero-order valence-electron chi connectivity index (χ0n) is 12.2. The molecule has 0 N–H and O–H groups in total. The van der Waals surface area contributed by atoms with Gasteiger partial charge < -0.3 is 9.47 Å². The van der Waals surface area contributed by atoms with E-state index in [1.165, 1.54) is 11.3 Å². The Morgan fingerprint density at radius 1 is 1.14 bits per heavy atom. The van der Waals surface area contributed by atoms with Crippen molar-refractivity contribution in [2.75, 3.05) is 7.11 Å². The average molecular weight is 300 g/mol. The van der Waals surface area contributed by atoms with Gasteiger partial charge in [0.05, 0.1) is 13.2 Å². The molecule has 0 radical (unpaired) electrons. The van der Waals surface area contributed by atoms with Crippen LogP contribution in [-0.4, -0.2) is 23.2 Å². The van der Waals surface area contributed by atoms with Crippen LogP contribution >= 0.6 is 11.3 Å². The van der Waals surface area contributed by atoms with E-state index in [4.69, 9.17) is 9.47 Å². The van der Waals surface area contributed by atoms with Crippen LogP contribution < -0.4 is 9.47 Å². The molecule has 3 aromatic rings. The van der Waals surface area contributed by atoms with Crippen molar-refractivity contribution in [1.82, 2.24) is 9.97 Å². The molecule has 2 aromatic heterocycles. The molecule has 0 aliphatic rings. The maximum absolute atomic E-state index is 5.88. The standard InChI is InChI=1S/C16H16N2O2S/c1-10(2)20-15-12-7-5-4-6-11(12)14(19-3)13(18-15)16-17-8-9-21-16/h4-10H,1-3H3. The van der Waals surface area contributed by atoms with Crippen molar-refractivity contribution in [3.05, 3.63) is 35.8 Å². The first kappa shape index (κ1) is 13.8. The van der Waals surface area contributed by atoms with Gasteiger partial charge >= 0.3 is 0 Å². The molecule has 0 unspecified atom stereocenters. The lowest BCUT2D eigenvalue weighted by molar-refractivity contribution is 0.236. The number of fused-ring (bicyclic) bond motifs is 1. The fraction of sp³-hybridized carbons (Fsp3) is 0.250. The second kappa shape index (κ2) is 5.69. The Morgan fingerprint density at radius 2 is 1.90 bits per heavy atom. The van der Waals surface area contributed by atoms with Gasteiger partial charge in [0.1, 0.15) is 10.7 Å². The van der Waals surface area contributed by atoms with Crippen LogP contribution in [0.5, 0.6) is 11.6 Å². The fourth-order valence-electron chi connectivity index (χ4n) is 2.21. The molecule has 1 aromatic carbocycles. The second-order valence-corrected chi connectivity index (χ2v) is 5.74. The molecule has 0 bridgehead atoms. The third-order valence-electron chi connectivity index (χ3n) is 3.02. The molecule has 0 amide bonds. The number of hydrogen-bond acceptors (Lipinski definition) is 5. The molecule has 2 heterocycles. The van der Waals surface area contributed by atoms with Gasteiger partial charge in [-0.15, -0.1) is 11.3 Å². The SMILES string of the molecule is COc1c(-c2nccs2)nc(OC(C)C)c2ccccc12. The van der Waals surface area contributed by atoms with Gasteiger partial charge in [-0.25, -0.2) is 9.97 Å². The maximum Gasteiger partial charge on any atom is 0.222 e. The lowest BCUT2D eigenvalue weighted by atomic mass is 10.1. The van der Waals surface area contributed by atoms with Crippen LogP contribution in [0.2, 0.25) is 0 Å². The highest BCUT2D eigenvalue weighted by Crippen LogP contribution is 2.39. The predicted molar refractivity (Wildman–Crippen MR) is 85.2 cm³/mol. The van der Waals surface area contributed by atoms with Crippen LogP contribution in [-0.2, 0) is 0 Å². The molecule has 0 aliphatic carbocycles. The summed E-state index contributed by atoms with van der Waals surface area (Å²) in [5.41, 5.74) is 0.724. The molecule has 0 fully saturated rings. The van der Waals surface area contributed by atoms with Gasteiger partial charge in [-0.1, -0.05) is 18.2 Å². The van der Waals surface area contributed by atoms with Gasteiger partial charge in [-0.2, -0.15) is 0 Å². The van der Waals surface area contributed by atoms with Crippen molar-refractivity contribution >= 4 is 22.1 Å². The van der Waals surface area contributed by atoms with E-state index in [0.29, 0.717) is 5.88 Å². The third kappa shape index (κ3) is 2.56. The van der Waals surface area contributed by atoms with E-state index in [0.717, 1.165) is 27.2 Å². The lowest BCUT2D eigenvalue weighted by Crippen LogP contribution is -2.08. The van der Waals surface area contributed by atoms with Crippen LogP contribution in [0.4, 0.5) is 0 Å². The number of ether oxygens (including phenoxy) is 2. The van der Waals surface area contributed by atoms with Crippen molar-refractivity contribution in [2.24, 2.45) is 0 Å². The third-order valence-corrected chi connectivity index (χ3v) is 3.80. The first-order valence-electron chi connectivity index (χ1n) is 6.74. The molecule has 108 valence electrons. The summed E-state index contributed by atoms with van der Waals surface area (Å²) < 4.78 is 11.5. The lowest BCUT2D eigenvalue weighted by Gasteiger charge is -2.15.